The maximum atomic E-state index is 14.3. The summed E-state index contributed by atoms with van der Waals surface area (Å²) in [7, 11) is 1.60. The Balaban J connectivity index is 1.81. The van der Waals surface area contributed by atoms with Gasteiger partial charge in [-0.25, -0.2) is 13.8 Å². The summed E-state index contributed by atoms with van der Waals surface area (Å²) in [6.45, 7) is 1.80. The SMILES string of the molecule is CCC(F)(F)c1ccn2c(C(N)=O)nc(-c3cccc(C#CC4(O)CCN(C)C4=O)c3)c2c1. The molecule has 1 saturated heterocycles. The normalized spacial score (nSPS) is 18.5. The number of nitrogens with zero attached hydrogens (tertiary/aromatic N) is 3. The van der Waals surface area contributed by atoms with E-state index in [9.17, 15) is 23.5 Å². The van der Waals surface area contributed by atoms with Gasteiger partial charge in [-0.05, 0) is 24.3 Å². The van der Waals surface area contributed by atoms with Crippen LogP contribution in [0.25, 0.3) is 16.8 Å². The lowest BCUT2D eigenvalue weighted by Crippen LogP contribution is -2.37. The molecular formula is C24H22F2N4O3. The fourth-order valence-corrected chi connectivity index (χ4v) is 3.79. The Morgan fingerprint density at radius 1 is 1.33 bits per heavy atom. The van der Waals surface area contributed by atoms with E-state index >= 15 is 0 Å². The molecular weight excluding hydrogens is 430 g/mol. The molecule has 3 aromatic rings. The van der Waals surface area contributed by atoms with Gasteiger partial charge in [0, 0.05) is 49.3 Å². The number of carbonyl (C=O) groups excluding carboxylic acids is 2. The molecule has 0 bridgehead atoms. The summed E-state index contributed by atoms with van der Waals surface area (Å²) in [5, 5.41) is 10.5. The summed E-state index contributed by atoms with van der Waals surface area (Å²) in [5.41, 5.74) is 5.10. The lowest BCUT2D eigenvalue weighted by atomic mass is 10.0. The van der Waals surface area contributed by atoms with Crippen LogP contribution in [0.1, 0.15) is 41.5 Å². The molecule has 0 aliphatic carbocycles. The standard InChI is InChI=1S/C24H22F2N4O3/c1-3-24(25,26)17-8-11-30-18(14-17)19(28-21(30)20(27)31)16-6-4-5-15(13-16)7-9-23(33)10-12-29(2)22(23)32/h4-6,8,11,13-14,33H,3,10,12H2,1-2H3,(H2,27,31). The number of benzene rings is 1. The zero-order valence-corrected chi connectivity index (χ0v) is 18.1. The summed E-state index contributed by atoms with van der Waals surface area (Å²) in [5.74, 6) is 1.08. The molecule has 1 aliphatic rings. The van der Waals surface area contributed by atoms with Gasteiger partial charge < -0.3 is 15.7 Å². The van der Waals surface area contributed by atoms with Crippen LogP contribution < -0.4 is 5.73 Å². The molecule has 1 atom stereocenters. The molecule has 1 aliphatic heterocycles. The molecule has 33 heavy (non-hydrogen) atoms. The van der Waals surface area contributed by atoms with E-state index < -0.39 is 23.3 Å². The Morgan fingerprint density at radius 2 is 2.09 bits per heavy atom. The molecule has 3 heterocycles. The van der Waals surface area contributed by atoms with Gasteiger partial charge in [0.25, 0.3) is 17.7 Å². The van der Waals surface area contributed by atoms with Crippen molar-refractivity contribution in [2.24, 2.45) is 5.73 Å². The molecule has 170 valence electrons. The molecule has 2 aromatic heterocycles. The molecule has 2 amide bonds. The molecule has 7 nitrogen and oxygen atoms in total. The Bertz CT molecular complexity index is 1340. The van der Waals surface area contributed by atoms with Gasteiger partial charge in [-0.15, -0.1) is 0 Å². The van der Waals surface area contributed by atoms with Crippen LogP contribution in [0.3, 0.4) is 0 Å². The van der Waals surface area contributed by atoms with E-state index in [1.807, 2.05) is 0 Å². The number of likely N-dealkylation sites (N-methyl/N-ethyl adjacent to an activating group) is 1. The molecule has 3 N–H and O–H groups in total. The number of likely N-dealkylation sites (tertiary alicyclic amines) is 1. The molecule has 1 fully saturated rings. The molecule has 9 heteroatoms. The first-order valence-corrected chi connectivity index (χ1v) is 10.4. The van der Waals surface area contributed by atoms with Gasteiger partial charge in [0.1, 0.15) is 0 Å². The van der Waals surface area contributed by atoms with Crippen molar-refractivity contribution >= 4 is 17.3 Å². The second kappa shape index (κ2) is 7.98. The number of primary amides is 1. The van der Waals surface area contributed by atoms with Crippen LogP contribution in [0.15, 0.2) is 42.6 Å². The molecule has 1 unspecified atom stereocenters. The van der Waals surface area contributed by atoms with E-state index in [0.29, 0.717) is 23.2 Å². The lowest BCUT2D eigenvalue weighted by Gasteiger charge is -2.14. The third-order valence-electron chi connectivity index (χ3n) is 5.79. The number of aromatic nitrogens is 2. The molecule has 0 radical (unpaired) electrons. The number of halogens is 2. The maximum Gasteiger partial charge on any atom is 0.285 e. The first kappa shape index (κ1) is 22.4. The van der Waals surface area contributed by atoms with Crippen LogP contribution in [0.5, 0.6) is 0 Å². The topological polar surface area (TPSA) is 101 Å². The summed E-state index contributed by atoms with van der Waals surface area (Å²) in [6.07, 6.45) is 1.18. The quantitative estimate of drug-likeness (QED) is 0.594. The van der Waals surface area contributed by atoms with E-state index in [2.05, 4.69) is 16.8 Å². The van der Waals surface area contributed by atoms with Crippen molar-refractivity contribution in [3.8, 4) is 23.1 Å². The van der Waals surface area contributed by atoms with Crippen molar-refractivity contribution in [2.75, 3.05) is 13.6 Å². The Morgan fingerprint density at radius 3 is 2.73 bits per heavy atom. The maximum absolute atomic E-state index is 14.3. The van der Waals surface area contributed by atoms with Crippen LogP contribution in [0.4, 0.5) is 8.78 Å². The van der Waals surface area contributed by atoms with Gasteiger partial charge in [-0.3, -0.25) is 14.0 Å². The van der Waals surface area contributed by atoms with Crippen LogP contribution in [0, 0.1) is 11.8 Å². The van der Waals surface area contributed by atoms with Crippen LogP contribution >= 0.6 is 0 Å². The summed E-state index contributed by atoms with van der Waals surface area (Å²) >= 11 is 0. The van der Waals surface area contributed by atoms with E-state index in [4.69, 9.17) is 5.73 Å². The number of amides is 2. The lowest BCUT2D eigenvalue weighted by molar-refractivity contribution is -0.137. The highest BCUT2D eigenvalue weighted by Gasteiger charge is 2.42. The van der Waals surface area contributed by atoms with Crippen molar-refractivity contribution in [1.29, 1.82) is 0 Å². The zero-order chi connectivity index (χ0) is 24.0. The van der Waals surface area contributed by atoms with Gasteiger partial charge in [-0.1, -0.05) is 30.9 Å². The second-order valence-corrected chi connectivity index (χ2v) is 8.04. The van der Waals surface area contributed by atoms with Gasteiger partial charge in [0.15, 0.2) is 0 Å². The highest BCUT2D eigenvalue weighted by molar-refractivity contribution is 5.93. The van der Waals surface area contributed by atoms with E-state index in [0.717, 1.165) is 0 Å². The summed E-state index contributed by atoms with van der Waals surface area (Å²) < 4.78 is 30.0. The van der Waals surface area contributed by atoms with Crippen LogP contribution in [-0.2, 0) is 10.7 Å². The number of hydrogen-bond acceptors (Lipinski definition) is 4. The van der Waals surface area contributed by atoms with E-state index in [1.165, 1.54) is 34.6 Å². The predicted molar refractivity (Wildman–Crippen MR) is 117 cm³/mol. The summed E-state index contributed by atoms with van der Waals surface area (Å²) in [4.78, 5) is 29.8. The predicted octanol–water partition coefficient (Wildman–Crippen LogP) is 2.55. The largest absolute Gasteiger partial charge is 0.369 e. The molecule has 1 aromatic carbocycles. The average molecular weight is 452 g/mol. The van der Waals surface area contributed by atoms with Crippen molar-refractivity contribution in [3.05, 3.63) is 59.5 Å². The molecule has 0 saturated carbocycles. The third-order valence-corrected chi connectivity index (χ3v) is 5.79. The number of hydrogen-bond donors (Lipinski definition) is 2. The Labute approximate surface area is 188 Å². The minimum atomic E-state index is -3.04. The molecule has 0 spiro atoms. The van der Waals surface area contributed by atoms with Crippen molar-refractivity contribution in [1.82, 2.24) is 14.3 Å². The number of nitrogens with two attached hydrogens (primary N) is 1. The number of rotatable bonds is 4. The number of aliphatic hydroxyl groups is 1. The number of pyridine rings is 1. The highest BCUT2D eigenvalue weighted by atomic mass is 19.3. The number of alkyl halides is 2. The van der Waals surface area contributed by atoms with Gasteiger partial charge in [0.05, 0.1) is 11.2 Å². The monoisotopic (exact) mass is 452 g/mol. The number of imidazole rings is 1. The van der Waals surface area contributed by atoms with Crippen LogP contribution in [0.2, 0.25) is 0 Å². The summed E-state index contributed by atoms with van der Waals surface area (Å²) in [6, 6.07) is 9.26. The number of carbonyl (C=O) groups is 2. The Kier molecular flexibility index (Phi) is 5.42. The van der Waals surface area contributed by atoms with Crippen molar-refractivity contribution in [3.63, 3.8) is 0 Å². The van der Waals surface area contributed by atoms with Crippen LogP contribution in [-0.4, -0.2) is 50.4 Å². The third kappa shape index (κ3) is 3.94. The highest BCUT2D eigenvalue weighted by Crippen LogP contribution is 2.34. The Hall–Kier alpha value is -3.77. The van der Waals surface area contributed by atoms with Gasteiger partial charge in [-0.2, -0.15) is 0 Å². The zero-order valence-electron chi connectivity index (χ0n) is 18.1. The minimum Gasteiger partial charge on any atom is -0.369 e. The van der Waals surface area contributed by atoms with E-state index in [-0.39, 0.29) is 29.9 Å². The average Bonchev–Trinajstić information content (AvgIpc) is 3.31. The minimum absolute atomic E-state index is 0.0863. The van der Waals surface area contributed by atoms with Crippen molar-refractivity contribution in [2.45, 2.75) is 31.3 Å². The first-order valence-electron chi connectivity index (χ1n) is 10.4. The first-order chi connectivity index (χ1) is 15.6. The fraction of sp³-hybridized carbons (Fsp3) is 0.292. The smallest absolute Gasteiger partial charge is 0.285 e. The molecule has 4 rings (SSSR count). The number of fused-ring (bicyclic) bond motifs is 1. The van der Waals surface area contributed by atoms with Gasteiger partial charge >= 0.3 is 0 Å². The van der Waals surface area contributed by atoms with E-state index in [1.54, 1.807) is 31.3 Å². The van der Waals surface area contributed by atoms with Gasteiger partial charge in [0.2, 0.25) is 11.4 Å². The fourth-order valence-electron chi connectivity index (χ4n) is 3.79. The second-order valence-electron chi connectivity index (χ2n) is 8.04. The van der Waals surface area contributed by atoms with Crippen molar-refractivity contribution < 1.29 is 23.5 Å².